The molecule has 0 spiro atoms. The van der Waals surface area contributed by atoms with Crippen LogP contribution in [0.25, 0.3) is 0 Å². The molecule has 0 aromatic heterocycles. The molecule has 52 valence electrons. The summed E-state index contributed by atoms with van der Waals surface area (Å²) in [4.78, 5) is 0. The maximum absolute atomic E-state index is 12.1. The molecule has 2 atom stereocenters. The molecule has 0 heterocycles. The number of rotatable bonds is 1. The highest BCUT2D eigenvalue weighted by Gasteiger charge is 2.55. The highest BCUT2D eigenvalue weighted by atomic mass is 19.3. The minimum Gasteiger partial charge on any atom is -0.240 e. The Hall–Kier alpha value is -0.470. The van der Waals surface area contributed by atoms with Crippen molar-refractivity contribution in [2.45, 2.75) is 18.5 Å². The van der Waals surface area contributed by atoms with Crippen molar-refractivity contribution in [2.75, 3.05) is 0 Å². The van der Waals surface area contributed by atoms with Crippen molar-refractivity contribution >= 4 is 0 Å². The van der Waals surface area contributed by atoms with Gasteiger partial charge in [-0.2, -0.15) is 0 Å². The first-order chi connectivity index (χ1) is 4.08. The predicted molar refractivity (Wildman–Crippen MR) is 28.1 cm³/mol. The van der Waals surface area contributed by atoms with E-state index < -0.39 is 18.0 Å². The molecule has 1 aliphatic rings. The Kier molecular flexibility index (Phi) is 1.30. The van der Waals surface area contributed by atoms with Gasteiger partial charge in [0.2, 0.25) is 0 Å². The van der Waals surface area contributed by atoms with Gasteiger partial charge in [0.1, 0.15) is 0 Å². The van der Waals surface area contributed by atoms with E-state index in [1.165, 1.54) is 6.08 Å². The minimum absolute atomic E-state index is 0.377. The van der Waals surface area contributed by atoms with Gasteiger partial charge >= 0.3 is 0 Å². The summed E-state index contributed by atoms with van der Waals surface area (Å²) in [7, 11) is 0. The molecule has 0 amide bonds. The van der Waals surface area contributed by atoms with Gasteiger partial charge in [0.15, 0.2) is 6.17 Å². The molecule has 3 heteroatoms. The summed E-state index contributed by atoms with van der Waals surface area (Å²) in [6.45, 7) is 3.23. The Bertz CT molecular complexity index is 130. The van der Waals surface area contributed by atoms with Gasteiger partial charge in [-0.3, -0.25) is 0 Å². The maximum Gasteiger partial charge on any atom is 0.279 e. The minimum atomic E-state index is -3.08. The molecule has 9 heavy (non-hydrogen) atoms. The summed E-state index contributed by atoms with van der Waals surface area (Å²) < 4.78 is 36.0. The summed E-state index contributed by atoms with van der Waals surface area (Å²) in [6, 6.07) is 0. The van der Waals surface area contributed by atoms with Gasteiger partial charge in [-0.1, -0.05) is 6.08 Å². The molecule has 1 rings (SSSR count). The molecule has 1 fully saturated rings. The smallest absolute Gasteiger partial charge is 0.240 e. The molecular weight excluding hydrogens is 129 g/mol. The molecule has 2 unspecified atom stereocenters. The highest BCUT2D eigenvalue weighted by Crippen LogP contribution is 2.45. The van der Waals surface area contributed by atoms with Crippen LogP contribution in [0.15, 0.2) is 12.7 Å². The van der Waals surface area contributed by atoms with Crippen molar-refractivity contribution in [1.29, 1.82) is 0 Å². The Morgan fingerprint density at radius 1 is 1.56 bits per heavy atom. The number of hydrogen-bond donors (Lipinski definition) is 0. The third kappa shape index (κ3) is 0.843. The van der Waals surface area contributed by atoms with Crippen molar-refractivity contribution < 1.29 is 13.2 Å². The summed E-state index contributed by atoms with van der Waals surface area (Å²) in [5, 5.41) is 0. The zero-order valence-electron chi connectivity index (χ0n) is 4.78. The van der Waals surface area contributed by atoms with Gasteiger partial charge in [-0.15, -0.1) is 6.58 Å². The second kappa shape index (κ2) is 1.75. The van der Waals surface area contributed by atoms with Gasteiger partial charge in [0.05, 0.1) is 0 Å². The molecular formula is C6H7F3. The molecule has 0 bridgehead atoms. The summed E-state index contributed by atoms with van der Waals surface area (Å²) >= 11 is 0. The maximum atomic E-state index is 12.1. The van der Waals surface area contributed by atoms with Gasteiger partial charge in [0.25, 0.3) is 5.92 Å². The second-order valence-electron chi connectivity index (χ2n) is 2.27. The zero-order chi connectivity index (χ0) is 7.07. The first-order valence-corrected chi connectivity index (χ1v) is 2.72. The van der Waals surface area contributed by atoms with Gasteiger partial charge in [-0.05, 0) is 0 Å². The number of alkyl halides is 3. The second-order valence-corrected chi connectivity index (χ2v) is 2.27. The Labute approximate surface area is 51.4 Å². The Balaban J connectivity index is 2.50. The highest BCUT2D eigenvalue weighted by molar-refractivity contribution is 5.03. The lowest BCUT2D eigenvalue weighted by Crippen LogP contribution is -2.48. The average molecular weight is 136 g/mol. The standard InChI is InChI=1S/C6H7F3/c1-2-4-3-6(8,9)5(4)7/h2,4-5H,1,3H2. The summed E-state index contributed by atoms with van der Waals surface area (Å²) in [5.41, 5.74) is 0. The van der Waals surface area contributed by atoms with Crippen LogP contribution in [0.2, 0.25) is 0 Å². The monoisotopic (exact) mass is 136 g/mol. The van der Waals surface area contributed by atoms with Crippen molar-refractivity contribution in [3.05, 3.63) is 12.7 Å². The Morgan fingerprint density at radius 3 is 2.22 bits per heavy atom. The van der Waals surface area contributed by atoms with Crippen molar-refractivity contribution in [3.63, 3.8) is 0 Å². The van der Waals surface area contributed by atoms with Crippen LogP contribution in [0.5, 0.6) is 0 Å². The number of halogens is 3. The van der Waals surface area contributed by atoms with Crippen LogP contribution < -0.4 is 0 Å². The van der Waals surface area contributed by atoms with E-state index in [1.54, 1.807) is 0 Å². The lowest BCUT2D eigenvalue weighted by molar-refractivity contribution is -0.167. The van der Waals surface area contributed by atoms with Crippen molar-refractivity contribution in [3.8, 4) is 0 Å². The fourth-order valence-corrected chi connectivity index (χ4v) is 0.886. The van der Waals surface area contributed by atoms with Gasteiger partial charge in [0, 0.05) is 12.3 Å². The fraction of sp³-hybridized carbons (Fsp3) is 0.667. The van der Waals surface area contributed by atoms with E-state index in [-0.39, 0.29) is 6.42 Å². The third-order valence-corrected chi connectivity index (χ3v) is 1.59. The van der Waals surface area contributed by atoms with Crippen molar-refractivity contribution in [2.24, 2.45) is 5.92 Å². The zero-order valence-corrected chi connectivity index (χ0v) is 4.78. The van der Waals surface area contributed by atoms with Crippen LogP contribution in [-0.4, -0.2) is 12.1 Å². The van der Waals surface area contributed by atoms with E-state index in [4.69, 9.17) is 0 Å². The first kappa shape index (κ1) is 6.65. The van der Waals surface area contributed by atoms with Crippen LogP contribution in [0, 0.1) is 5.92 Å². The van der Waals surface area contributed by atoms with E-state index in [2.05, 4.69) is 6.58 Å². The van der Waals surface area contributed by atoms with E-state index in [0.29, 0.717) is 0 Å². The van der Waals surface area contributed by atoms with Gasteiger partial charge in [-0.25, -0.2) is 13.2 Å². The summed E-state index contributed by atoms with van der Waals surface area (Å²) in [6.07, 6.45) is -1.13. The number of allylic oxidation sites excluding steroid dienone is 1. The van der Waals surface area contributed by atoms with Crippen LogP contribution in [0.3, 0.4) is 0 Å². The largest absolute Gasteiger partial charge is 0.279 e. The lowest BCUT2D eigenvalue weighted by atomic mass is 9.79. The normalized spacial score (nSPS) is 39.4. The van der Waals surface area contributed by atoms with Crippen LogP contribution >= 0.6 is 0 Å². The molecule has 0 aromatic carbocycles. The van der Waals surface area contributed by atoms with Crippen LogP contribution in [0.1, 0.15) is 6.42 Å². The van der Waals surface area contributed by atoms with Crippen LogP contribution in [0.4, 0.5) is 13.2 Å². The van der Waals surface area contributed by atoms with E-state index >= 15 is 0 Å². The van der Waals surface area contributed by atoms with Gasteiger partial charge < -0.3 is 0 Å². The predicted octanol–water partition coefficient (Wildman–Crippen LogP) is 2.17. The molecule has 0 aliphatic heterocycles. The molecule has 0 N–H and O–H groups in total. The molecule has 1 saturated carbocycles. The fourth-order valence-electron chi connectivity index (χ4n) is 0.886. The lowest BCUT2D eigenvalue weighted by Gasteiger charge is -2.36. The third-order valence-electron chi connectivity index (χ3n) is 1.59. The van der Waals surface area contributed by atoms with E-state index in [9.17, 15) is 13.2 Å². The van der Waals surface area contributed by atoms with E-state index in [0.717, 1.165) is 0 Å². The van der Waals surface area contributed by atoms with Crippen LogP contribution in [-0.2, 0) is 0 Å². The molecule has 1 aliphatic carbocycles. The molecule has 0 saturated heterocycles. The SMILES string of the molecule is C=CC1CC(F)(F)C1F. The Morgan fingerprint density at radius 2 is 2.11 bits per heavy atom. The topological polar surface area (TPSA) is 0 Å². The summed E-state index contributed by atoms with van der Waals surface area (Å²) in [5.74, 6) is -3.71. The molecule has 0 aromatic rings. The molecule has 0 radical (unpaired) electrons. The molecule has 0 nitrogen and oxygen atoms in total. The van der Waals surface area contributed by atoms with E-state index in [1.807, 2.05) is 0 Å². The average Bonchev–Trinajstić information content (AvgIpc) is 1.82. The quantitative estimate of drug-likeness (QED) is 0.484. The first-order valence-electron chi connectivity index (χ1n) is 2.72. The number of hydrogen-bond acceptors (Lipinski definition) is 0. The van der Waals surface area contributed by atoms with Crippen molar-refractivity contribution in [1.82, 2.24) is 0 Å².